The minimum atomic E-state index is -0.380. The van der Waals surface area contributed by atoms with E-state index in [-0.39, 0.29) is 47.8 Å². The molecule has 134 valence electrons. The molecule has 1 fully saturated rings. The van der Waals surface area contributed by atoms with Crippen molar-refractivity contribution in [3.63, 3.8) is 0 Å². The molecule has 0 bridgehead atoms. The fourth-order valence-corrected chi connectivity index (χ4v) is 3.01. The van der Waals surface area contributed by atoms with Crippen LogP contribution in [0.5, 0.6) is 0 Å². The molecule has 2 unspecified atom stereocenters. The van der Waals surface area contributed by atoms with Crippen LogP contribution in [-0.4, -0.2) is 49.1 Å². The third-order valence-corrected chi connectivity index (χ3v) is 5.36. The number of methoxy groups -OCH3 is 1. The number of likely N-dealkylation sites (tertiary alicyclic amines) is 1. The number of hydrogen-bond acceptors (Lipinski definition) is 5. The van der Waals surface area contributed by atoms with E-state index in [1.165, 1.54) is 0 Å². The van der Waals surface area contributed by atoms with Gasteiger partial charge in [-0.2, -0.15) is 0 Å². The Labute approximate surface area is 138 Å². The van der Waals surface area contributed by atoms with Gasteiger partial charge in [0.05, 0.1) is 18.8 Å². The second kappa shape index (κ2) is 7.59. The maximum atomic E-state index is 12.8. The smallest absolute Gasteiger partial charge is 0.223 e. The van der Waals surface area contributed by atoms with Crippen LogP contribution in [0.3, 0.4) is 0 Å². The number of nitrogens with zero attached hydrogens (tertiary/aromatic N) is 1. The van der Waals surface area contributed by atoms with E-state index in [1.54, 1.807) is 12.0 Å². The lowest BCUT2D eigenvalue weighted by atomic mass is 9.64. The Bertz CT molecular complexity index is 437. The van der Waals surface area contributed by atoms with Crippen LogP contribution in [0.15, 0.2) is 0 Å². The largest absolute Gasteiger partial charge is 0.380 e. The molecule has 0 aromatic rings. The molecule has 1 heterocycles. The van der Waals surface area contributed by atoms with Crippen LogP contribution in [0.4, 0.5) is 0 Å². The van der Waals surface area contributed by atoms with Gasteiger partial charge in [-0.1, -0.05) is 27.7 Å². The molecule has 1 aliphatic rings. The number of carbonyl (C=O) groups excluding carboxylic acids is 2. The minimum Gasteiger partial charge on any atom is -0.380 e. The van der Waals surface area contributed by atoms with Crippen LogP contribution in [0.2, 0.25) is 0 Å². The van der Waals surface area contributed by atoms with Gasteiger partial charge >= 0.3 is 0 Å². The lowest BCUT2D eigenvalue weighted by Crippen LogP contribution is -2.44. The van der Waals surface area contributed by atoms with Gasteiger partial charge in [0.1, 0.15) is 0 Å². The van der Waals surface area contributed by atoms with Crippen molar-refractivity contribution in [1.82, 2.24) is 4.90 Å². The van der Waals surface area contributed by atoms with Crippen molar-refractivity contribution in [3.05, 3.63) is 0 Å². The Balaban J connectivity index is 2.81. The van der Waals surface area contributed by atoms with E-state index < -0.39 is 0 Å². The highest BCUT2D eigenvalue weighted by atomic mass is 16.6. The van der Waals surface area contributed by atoms with Gasteiger partial charge in [-0.25, -0.2) is 5.90 Å². The average molecular weight is 329 g/mol. The summed E-state index contributed by atoms with van der Waals surface area (Å²) in [5, 5.41) is 0. The molecule has 1 aliphatic heterocycles. The lowest BCUT2D eigenvalue weighted by molar-refractivity contribution is -0.138. The van der Waals surface area contributed by atoms with E-state index in [1.807, 2.05) is 27.7 Å². The zero-order valence-corrected chi connectivity index (χ0v) is 14.9. The molecule has 0 aromatic carbocycles. The van der Waals surface area contributed by atoms with Gasteiger partial charge < -0.3 is 20.2 Å². The normalized spacial score (nSPS) is 22.4. The summed E-state index contributed by atoms with van der Waals surface area (Å²) >= 11 is 0. The van der Waals surface area contributed by atoms with E-state index in [2.05, 4.69) is 0 Å². The van der Waals surface area contributed by atoms with E-state index in [0.29, 0.717) is 19.4 Å². The summed E-state index contributed by atoms with van der Waals surface area (Å²) in [5.41, 5.74) is 4.59. The molecule has 0 spiro atoms. The number of nitrogens with two attached hydrogens (primary N) is 2. The highest BCUT2D eigenvalue weighted by Gasteiger charge is 2.43. The van der Waals surface area contributed by atoms with E-state index in [4.69, 9.17) is 21.2 Å². The average Bonchev–Trinajstić information content (AvgIpc) is 2.80. The highest BCUT2D eigenvalue weighted by molar-refractivity contribution is 5.78. The van der Waals surface area contributed by atoms with Gasteiger partial charge in [0.25, 0.3) is 0 Å². The summed E-state index contributed by atoms with van der Waals surface area (Å²) in [7, 11) is 1.64. The van der Waals surface area contributed by atoms with Crippen LogP contribution in [0.1, 0.15) is 47.0 Å². The number of carbonyl (C=O) groups is 2. The predicted octanol–water partition coefficient (Wildman–Crippen LogP) is 0.811. The second-order valence-corrected chi connectivity index (χ2v) is 7.71. The van der Waals surface area contributed by atoms with Crippen LogP contribution < -0.4 is 11.6 Å². The quantitative estimate of drug-likeness (QED) is 0.641. The predicted molar refractivity (Wildman–Crippen MR) is 87.0 cm³/mol. The van der Waals surface area contributed by atoms with Crippen LogP contribution in [0.25, 0.3) is 0 Å². The number of rotatable bonds is 8. The zero-order valence-electron chi connectivity index (χ0n) is 14.9. The summed E-state index contributed by atoms with van der Waals surface area (Å²) < 4.78 is 5.37. The Morgan fingerprint density at radius 1 is 1.17 bits per heavy atom. The Morgan fingerprint density at radius 3 is 2.22 bits per heavy atom. The molecule has 2 atom stereocenters. The first-order chi connectivity index (χ1) is 10.5. The number of amides is 2. The number of ether oxygens (including phenoxy) is 1. The van der Waals surface area contributed by atoms with Crippen LogP contribution in [0, 0.1) is 10.8 Å². The molecular weight excluding hydrogens is 298 g/mol. The Hall–Kier alpha value is -1.18. The van der Waals surface area contributed by atoms with Crippen LogP contribution >= 0.6 is 0 Å². The molecule has 0 saturated carbocycles. The first-order valence-electron chi connectivity index (χ1n) is 7.96. The van der Waals surface area contributed by atoms with E-state index >= 15 is 0 Å². The van der Waals surface area contributed by atoms with Gasteiger partial charge in [0, 0.05) is 26.5 Å². The molecule has 2 amide bonds. The molecule has 7 nitrogen and oxygen atoms in total. The molecule has 1 rings (SSSR count). The van der Waals surface area contributed by atoms with E-state index in [9.17, 15) is 9.59 Å². The van der Waals surface area contributed by atoms with Crippen molar-refractivity contribution in [2.24, 2.45) is 22.5 Å². The molecule has 0 aromatic heterocycles. The van der Waals surface area contributed by atoms with Crippen molar-refractivity contribution < 1.29 is 19.2 Å². The topological polar surface area (TPSA) is 108 Å². The van der Waals surface area contributed by atoms with Crippen molar-refractivity contribution in [3.8, 4) is 0 Å². The third-order valence-electron chi connectivity index (χ3n) is 5.36. The summed E-state index contributed by atoms with van der Waals surface area (Å²) in [4.78, 5) is 30.6. The summed E-state index contributed by atoms with van der Waals surface area (Å²) in [5.74, 6) is 4.85. The first-order valence-corrected chi connectivity index (χ1v) is 7.96. The maximum Gasteiger partial charge on any atom is 0.223 e. The fourth-order valence-electron chi connectivity index (χ4n) is 3.01. The molecule has 1 saturated heterocycles. The van der Waals surface area contributed by atoms with Crippen molar-refractivity contribution in [2.45, 2.75) is 59.1 Å². The molecule has 0 radical (unpaired) electrons. The van der Waals surface area contributed by atoms with Gasteiger partial charge in [0.15, 0.2) is 0 Å². The molecule has 4 N–H and O–H groups in total. The summed E-state index contributed by atoms with van der Waals surface area (Å²) in [6.45, 7) is 8.74. The Morgan fingerprint density at radius 2 is 1.74 bits per heavy atom. The van der Waals surface area contributed by atoms with Gasteiger partial charge in [-0.3, -0.25) is 9.59 Å². The molecule has 7 heteroatoms. The van der Waals surface area contributed by atoms with Gasteiger partial charge in [0.2, 0.25) is 11.8 Å². The molecule has 0 aliphatic carbocycles. The zero-order chi connectivity index (χ0) is 17.8. The maximum absolute atomic E-state index is 12.8. The number of hydrogen-bond donors (Lipinski definition) is 2. The monoisotopic (exact) mass is 329 g/mol. The minimum absolute atomic E-state index is 0.000780. The number of primary amides is 1. The SMILES string of the molecule is COC1CC(CON)N(C(=O)CC(C)(C)C(C)(C)CC(N)=O)C1. The fraction of sp³-hybridized carbons (Fsp3) is 0.875. The first kappa shape index (κ1) is 19.9. The third kappa shape index (κ3) is 4.89. The summed E-state index contributed by atoms with van der Waals surface area (Å²) in [6.07, 6.45) is 1.28. The molecule has 23 heavy (non-hydrogen) atoms. The Kier molecular flexibility index (Phi) is 6.56. The van der Waals surface area contributed by atoms with E-state index in [0.717, 1.165) is 0 Å². The van der Waals surface area contributed by atoms with Crippen molar-refractivity contribution in [2.75, 3.05) is 20.3 Å². The van der Waals surface area contributed by atoms with Crippen molar-refractivity contribution in [1.29, 1.82) is 0 Å². The van der Waals surface area contributed by atoms with Crippen molar-refractivity contribution >= 4 is 11.8 Å². The lowest BCUT2D eigenvalue weighted by Gasteiger charge is -2.42. The second-order valence-electron chi connectivity index (χ2n) is 7.71. The van der Waals surface area contributed by atoms with Crippen LogP contribution in [-0.2, 0) is 19.2 Å². The standard InChI is InChI=1S/C16H31N3O4/c1-15(2,7-13(17)20)16(3,4)8-14(21)19-9-12(22-5)6-11(19)10-23-18/h11-12H,6-10,18H2,1-5H3,(H2,17,20). The van der Waals surface area contributed by atoms with Gasteiger partial charge in [-0.05, 0) is 17.3 Å². The molecular formula is C16H31N3O4. The van der Waals surface area contributed by atoms with Gasteiger partial charge in [-0.15, -0.1) is 0 Å². The highest BCUT2D eigenvalue weighted by Crippen LogP contribution is 2.44. The summed E-state index contributed by atoms with van der Waals surface area (Å²) in [6, 6.07) is -0.0764.